The molecule has 1 heterocycles. The first-order chi connectivity index (χ1) is 13.8. The third-order valence-electron chi connectivity index (χ3n) is 5.78. The summed E-state index contributed by atoms with van der Waals surface area (Å²) in [6.45, 7) is 1.12. The highest BCUT2D eigenvalue weighted by Crippen LogP contribution is 2.31. The minimum absolute atomic E-state index is 0.0216. The standard InChI is InChI=1S/C20H31N3O5S/c1-22(16-7-6-8-17(16)24)14-20(25)21-15-9-10-18(28-2)19(13-15)29(26,27)23-11-4-3-5-12-23/h9-10,13,16-17,24H,3-8,11-12,14H2,1-2H3,(H,21,25). The number of ether oxygens (including phenoxy) is 1. The number of sulfonamides is 1. The number of hydrogen-bond acceptors (Lipinski definition) is 6. The van der Waals surface area contributed by atoms with Gasteiger partial charge < -0.3 is 15.2 Å². The van der Waals surface area contributed by atoms with Crippen LogP contribution in [0, 0.1) is 0 Å². The minimum atomic E-state index is -3.69. The average molecular weight is 426 g/mol. The van der Waals surface area contributed by atoms with Crippen molar-refractivity contribution in [3.63, 3.8) is 0 Å². The topological polar surface area (TPSA) is 99.2 Å². The van der Waals surface area contributed by atoms with Crippen LogP contribution in [-0.2, 0) is 14.8 Å². The van der Waals surface area contributed by atoms with E-state index in [1.807, 2.05) is 11.9 Å². The summed E-state index contributed by atoms with van der Waals surface area (Å²) in [5, 5.41) is 12.8. The summed E-state index contributed by atoms with van der Waals surface area (Å²) in [6.07, 6.45) is 4.89. The Hall–Kier alpha value is -1.68. The molecule has 3 rings (SSSR count). The van der Waals surface area contributed by atoms with Crippen molar-refractivity contribution in [1.82, 2.24) is 9.21 Å². The van der Waals surface area contributed by atoms with Gasteiger partial charge in [0.25, 0.3) is 0 Å². The summed E-state index contributed by atoms with van der Waals surface area (Å²) in [4.78, 5) is 14.4. The molecule has 9 heteroatoms. The zero-order valence-electron chi connectivity index (χ0n) is 17.1. The van der Waals surface area contributed by atoms with E-state index in [0.29, 0.717) is 18.8 Å². The lowest BCUT2D eigenvalue weighted by atomic mass is 10.2. The second-order valence-corrected chi connectivity index (χ2v) is 9.77. The van der Waals surface area contributed by atoms with Crippen LogP contribution in [0.3, 0.4) is 0 Å². The van der Waals surface area contributed by atoms with E-state index in [0.717, 1.165) is 38.5 Å². The fourth-order valence-electron chi connectivity index (χ4n) is 4.18. The van der Waals surface area contributed by atoms with Gasteiger partial charge in [0.2, 0.25) is 15.9 Å². The number of methoxy groups -OCH3 is 1. The molecule has 0 bridgehead atoms. The largest absolute Gasteiger partial charge is 0.495 e. The number of piperidine rings is 1. The maximum Gasteiger partial charge on any atom is 0.246 e. The van der Waals surface area contributed by atoms with Crippen LogP contribution in [0.15, 0.2) is 23.1 Å². The molecule has 0 aromatic heterocycles. The number of benzene rings is 1. The number of nitrogens with one attached hydrogen (secondary N) is 1. The van der Waals surface area contributed by atoms with Gasteiger partial charge >= 0.3 is 0 Å². The number of likely N-dealkylation sites (N-methyl/N-ethyl adjacent to an activating group) is 1. The summed E-state index contributed by atoms with van der Waals surface area (Å²) in [6, 6.07) is 4.64. The van der Waals surface area contributed by atoms with Crippen molar-refractivity contribution in [1.29, 1.82) is 0 Å². The molecule has 29 heavy (non-hydrogen) atoms. The molecule has 0 spiro atoms. The quantitative estimate of drug-likeness (QED) is 0.689. The average Bonchev–Trinajstić information content (AvgIpc) is 3.14. The van der Waals surface area contributed by atoms with Crippen molar-refractivity contribution in [2.45, 2.75) is 55.6 Å². The number of rotatable bonds is 7. The summed E-state index contributed by atoms with van der Waals surface area (Å²) >= 11 is 0. The lowest BCUT2D eigenvalue weighted by molar-refractivity contribution is -0.117. The lowest BCUT2D eigenvalue weighted by Crippen LogP contribution is -2.42. The number of amides is 1. The summed E-state index contributed by atoms with van der Waals surface area (Å²) in [7, 11) is -0.439. The van der Waals surface area contributed by atoms with E-state index < -0.39 is 16.1 Å². The maximum atomic E-state index is 13.1. The first-order valence-corrected chi connectivity index (χ1v) is 11.6. The van der Waals surface area contributed by atoms with E-state index in [9.17, 15) is 18.3 Å². The van der Waals surface area contributed by atoms with E-state index in [-0.39, 0.29) is 29.1 Å². The van der Waals surface area contributed by atoms with Crippen LogP contribution < -0.4 is 10.1 Å². The normalized spacial score (nSPS) is 23.3. The van der Waals surface area contributed by atoms with Gasteiger partial charge in [-0.3, -0.25) is 9.69 Å². The third-order valence-corrected chi connectivity index (χ3v) is 7.70. The van der Waals surface area contributed by atoms with Gasteiger partial charge in [-0.1, -0.05) is 6.42 Å². The predicted octanol–water partition coefficient (Wildman–Crippen LogP) is 1.65. The van der Waals surface area contributed by atoms with Crippen LogP contribution in [0.4, 0.5) is 5.69 Å². The molecule has 1 aromatic rings. The van der Waals surface area contributed by atoms with Gasteiger partial charge in [0.05, 0.1) is 19.8 Å². The van der Waals surface area contributed by atoms with Gasteiger partial charge in [-0.2, -0.15) is 4.31 Å². The molecule has 1 saturated heterocycles. The van der Waals surface area contributed by atoms with E-state index in [1.165, 1.54) is 17.5 Å². The molecule has 2 N–H and O–H groups in total. The van der Waals surface area contributed by atoms with Gasteiger partial charge in [0.15, 0.2) is 0 Å². The van der Waals surface area contributed by atoms with Crippen LogP contribution in [0.1, 0.15) is 38.5 Å². The Labute approximate surface area is 172 Å². The van der Waals surface area contributed by atoms with Crippen LogP contribution in [0.5, 0.6) is 5.75 Å². The molecular formula is C20H31N3O5S. The molecule has 1 aromatic carbocycles. The van der Waals surface area contributed by atoms with Crippen molar-refractivity contribution < 1.29 is 23.1 Å². The molecule has 8 nitrogen and oxygen atoms in total. The van der Waals surface area contributed by atoms with Crippen molar-refractivity contribution in [2.75, 3.05) is 39.1 Å². The number of hydrogen-bond donors (Lipinski definition) is 2. The fraction of sp³-hybridized carbons (Fsp3) is 0.650. The van der Waals surface area contributed by atoms with Crippen molar-refractivity contribution in [2.24, 2.45) is 0 Å². The Kier molecular flexibility index (Phi) is 7.15. The highest BCUT2D eigenvalue weighted by molar-refractivity contribution is 7.89. The second kappa shape index (κ2) is 9.42. The number of nitrogens with zero attached hydrogens (tertiary/aromatic N) is 2. The molecule has 1 aliphatic carbocycles. The van der Waals surface area contributed by atoms with E-state index >= 15 is 0 Å². The summed E-state index contributed by atoms with van der Waals surface area (Å²) in [5.41, 5.74) is 0.409. The number of aliphatic hydroxyl groups excluding tert-OH is 1. The number of carbonyl (C=O) groups excluding carboxylic acids is 1. The third kappa shape index (κ3) is 5.09. The lowest BCUT2D eigenvalue weighted by Gasteiger charge is -2.27. The zero-order valence-corrected chi connectivity index (χ0v) is 18.0. The molecule has 162 valence electrons. The molecule has 2 atom stereocenters. The molecule has 0 radical (unpaired) electrons. The van der Waals surface area contributed by atoms with Crippen LogP contribution >= 0.6 is 0 Å². The van der Waals surface area contributed by atoms with E-state index in [1.54, 1.807) is 12.1 Å². The minimum Gasteiger partial charge on any atom is -0.495 e. The van der Waals surface area contributed by atoms with Gasteiger partial charge in [-0.05, 0) is 57.4 Å². The zero-order chi connectivity index (χ0) is 21.0. The molecule has 2 unspecified atom stereocenters. The second-order valence-electron chi connectivity index (χ2n) is 7.86. The summed E-state index contributed by atoms with van der Waals surface area (Å²) < 4.78 is 32.9. The Morgan fingerprint density at radius 1 is 1.24 bits per heavy atom. The first-order valence-electron chi connectivity index (χ1n) is 10.2. The Morgan fingerprint density at radius 3 is 2.59 bits per heavy atom. The van der Waals surface area contributed by atoms with Gasteiger partial charge in [0, 0.05) is 24.8 Å². The van der Waals surface area contributed by atoms with Crippen LogP contribution in [-0.4, -0.2) is 74.6 Å². The van der Waals surface area contributed by atoms with Crippen LogP contribution in [0.2, 0.25) is 0 Å². The SMILES string of the molecule is COc1ccc(NC(=O)CN(C)C2CCCC2O)cc1S(=O)(=O)N1CCCCC1. The molecule has 1 saturated carbocycles. The molecule has 2 fully saturated rings. The predicted molar refractivity (Wildman–Crippen MR) is 111 cm³/mol. The highest BCUT2D eigenvalue weighted by Gasteiger charge is 2.31. The van der Waals surface area contributed by atoms with Gasteiger partial charge in [-0.15, -0.1) is 0 Å². The maximum absolute atomic E-state index is 13.1. The Balaban J connectivity index is 1.73. The molecular weight excluding hydrogens is 394 g/mol. The van der Waals surface area contributed by atoms with Gasteiger partial charge in [0.1, 0.15) is 10.6 Å². The van der Waals surface area contributed by atoms with Crippen molar-refractivity contribution >= 4 is 21.6 Å². The molecule has 1 aliphatic heterocycles. The van der Waals surface area contributed by atoms with Crippen LogP contribution in [0.25, 0.3) is 0 Å². The fourth-order valence-corrected chi connectivity index (χ4v) is 5.88. The van der Waals surface area contributed by atoms with Crippen molar-refractivity contribution in [3.8, 4) is 5.75 Å². The highest BCUT2D eigenvalue weighted by atomic mass is 32.2. The Bertz CT molecular complexity index is 823. The van der Waals surface area contributed by atoms with E-state index in [4.69, 9.17) is 4.74 Å². The van der Waals surface area contributed by atoms with E-state index in [2.05, 4.69) is 5.32 Å². The number of aliphatic hydroxyl groups is 1. The molecule has 2 aliphatic rings. The smallest absolute Gasteiger partial charge is 0.246 e. The monoisotopic (exact) mass is 425 g/mol. The number of carbonyl (C=O) groups is 1. The first kappa shape index (κ1) is 22.0. The van der Waals surface area contributed by atoms with Gasteiger partial charge in [-0.25, -0.2) is 8.42 Å². The Morgan fingerprint density at radius 2 is 1.97 bits per heavy atom. The summed E-state index contributed by atoms with van der Waals surface area (Å²) in [5.74, 6) is 0.0119. The van der Waals surface area contributed by atoms with Crippen molar-refractivity contribution in [3.05, 3.63) is 18.2 Å². The molecule has 1 amide bonds. The number of anilines is 1.